The second-order valence-corrected chi connectivity index (χ2v) is 8.21. The number of rotatable bonds is 5. The number of hydrogen-bond donors (Lipinski definition) is 1. The Hall–Kier alpha value is -0.810. The molecule has 0 aliphatic heterocycles. The van der Waals surface area contributed by atoms with Gasteiger partial charge >= 0.3 is 0 Å². The first-order valence-corrected chi connectivity index (χ1v) is 9.35. The van der Waals surface area contributed by atoms with Crippen molar-refractivity contribution in [3.63, 3.8) is 0 Å². The Balaban J connectivity index is 2.19. The topological polar surface area (TPSA) is 59.3 Å². The zero-order valence-corrected chi connectivity index (χ0v) is 13.4. The minimum atomic E-state index is -2.94. The van der Waals surface area contributed by atoms with Crippen LogP contribution in [0.5, 0.6) is 0 Å². The van der Waals surface area contributed by atoms with Crippen molar-refractivity contribution in [1.82, 2.24) is 5.32 Å². The molecule has 0 aromatic carbocycles. The number of furan rings is 1. The predicted molar refractivity (Wildman–Crippen MR) is 80.5 cm³/mol. The average molecular weight is 299 g/mol. The first-order valence-electron chi connectivity index (χ1n) is 7.39. The molecule has 0 radical (unpaired) electrons. The van der Waals surface area contributed by atoms with Gasteiger partial charge in [0.15, 0.2) is 0 Å². The van der Waals surface area contributed by atoms with E-state index in [-0.39, 0.29) is 11.3 Å². The van der Waals surface area contributed by atoms with Crippen LogP contribution in [-0.4, -0.2) is 26.5 Å². The molecule has 3 unspecified atom stereocenters. The minimum Gasteiger partial charge on any atom is -0.467 e. The van der Waals surface area contributed by atoms with Crippen molar-refractivity contribution >= 4 is 9.84 Å². The Bertz CT molecular complexity index is 535. The van der Waals surface area contributed by atoms with E-state index in [4.69, 9.17) is 4.42 Å². The van der Waals surface area contributed by atoms with Crippen molar-refractivity contribution in [2.75, 3.05) is 12.8 Å². The van der Waals surface area contributed by atoms with Gasteiger partial charge in [-0.1, -0.05) is 13.3 Å². The summed E-state index contributed by atoms with van der Waals surface area (Å²) in [6.07, 6.45) is 6.64. The second-order valence-electron chi connectivity index (χ2n) is 5.88. The maximum atomic E-state index is 11.8. The first-order chi connectivity index (χ1) is 9.43. The number of hydrogen-bond acceptors (Lipinski definition) is 4. The lowest BCUT2D eigenvalue weighted by atomic mass is 9.82. The van der Waals surface area contributed by atoms with E-state index in [0.29, 0.717) is 5.92 Å². The molecule has 1 aromatic heterocycles. The zero-order valence-electron chi connectivity index (χ0n) is 12.6. The van der Waals surface area contributed by atoms with Gasteiger partial charge in [0.25, 0.3) is 0 Å². The highest BCUT2D eigenvalue weighted by atomic mass is 32.2. The van der Waals surface area contributed by atoms with E-state index in [1.807, 2.05) is 13.0 Å². The molecule has 1 aliphatic carbocycles. The largest absolute Gasteiger partial charge is 0.467 e. The fourth-order valence-electron chi connectivity index (χ4n) is 3.27. The molecule has 0 spiro atoms. The molecule has 0 bridgehead atoms. The van der Waals surface area contributed by atoms with Crippen molar-refractivity contribution in [2.45, 2.75) is 50.8 Å². The summed E-state index contributed by atoms with van der Waals surface area (Å²) in [5, 5.41) is 3.28. The Morgan fingerprint density at radius 3 is 2.75 bits per heavy atom. The molecule has 4 nitrogen and oxygen atoms in total. The van der Waals surface area contributed by atoms with Gasteiger partial charge < -0.3 is 9.73 Å². The maximum absolute atomic E-state index is 11.8. The maximum Gasteiger partial charge on any atom is 0.150 e. The molecule has 0 saturated heterocycles. The van der Waals surface area contributed by atoms with E-state index >= 15 is 0 Å². The Morgan fingerprint density at radius 1 is 1.45 bits per heavy atom. The van der Waals surface area contributed by atoms with Crippen molar-refractivity contribution < 1.29 is 12.8 Å². The molecule has 1 aliphatic rings. The van der Waals surface area contributed by atoms with E-state index in [2.05, 4.69) is 12.2 Å². The minimum absolute atomic E-state index is 0.125. The Morgan fingerprint density at radius 2 is 2.20 bits per heavy atom. The predicted octanol–water partition coefficient (Wildman–Crippen LogP) is 2.84. The highest BCUT2D eigenvalue weighted by Gasteiger charge is 2.34. The van der Waals surface area contributed by atoms with Gasteiger partial charge in [0.2, 0.25) is 0 Å². The van der Waals surface area contributed by atoms with Crippen LogP contribution in [0, 0.1) is 12.8 Å². The molecule has 1 fully saturated rings. The van der Waals surface area contributed by atoms with Crippen LogP contribution in [0.1, 0.15) is 50.0 Å². The summed E-state index contributed by atoms with van der Waals surface area (Å²) < 4.78 is 29.3. The van der Waals surface area contributed by atoms with Crippen molar-refractivity contribution in [2.24, 2.45) is 5.92 Å². The summed E-state index contributed by atoms with van der Waals surface area (Å²) in [5.74, 6) is 1.29. The molecule has 1 heterocycles. The number of sulfone groups is 1. The highest BCUT2D eigenvalue weighted by molar-refractivity contribution is 7.91. The van der Waals surface area contributed by atoms with Gasteiger partial charge in [0.05, 0.1) is 17.6 Å². The quantitative estimate of drug-likeness (QED) is 0.908. The third-order valence-electron chi connectivity index (χ3n) is 4.35. The summed E-state index contributed by atoms with van der Waals surface area (Å²) in [6.45, 7) is 4.97. The third-order valence-corrected chi connectivity index (χ3v) is 5.99. The highest BCUT2D eigenvalue weighted by Crippen LogP contribution is 2.37. The lowest BCUT2D eigenvalue weighted by molar-refractivity contribution is 0.247. The third kappa shape index (κ3) is 3.44. The molecular weight excluding hydrogens is 274 g/mol. The fourth-order valence-corrected chi connectivity index (χ4v) is 4.46. The smallest absolute Gasteiger partial charge is 0.150 e. The standard InChI is InChI=1S/C15H25NO3S/c1-4-16-14(15-11(2)8-9-19-15)12-6-5-7-13(10-12)20(3,17)18/h8-9,12-14,16H,4-7,10H2,1-3H3. The SMILES string of the molecule is CCNC(c1occc1C)C1CCCC(S(C)(=O)=O)C1. The second kappa shape index (κ2) is 6.31. The summed E-state index contributed by atoms with van der Waals surface area (Å²) in [5.41, 5.74) is 1.14. The van der Waals surface area contributed by atoms with Crippen LogP contribution in [0.4, 0.5) is 0 Å². The Labute approximate surface area is 121 Å². The lowest BCUT2D eigenvalue weighted by Crippen LogP contribution is -2.35. The number of aryl methyl sites for hydroxylation is 1. The average Bonchev–Trinajstić information content (AvgIpc) is 2.81. The summed E-state index contributed by atoms with van der Waals surface area (Å²) in [6, 6.07) is 2.09. The van der Waals surface area contributed by atoms with Gasteiger partial charge in [-0.05, 0) is 50.3 Å². The van der Waals surface area contributed by atoms with Crippen LogP contribution in [0.3, 0.4) is 0 Å². The van der Waals surface area contributed by atoms with Crippen molar-refractivity contribution in [1.29, 1.82) is 0 Å². The zero-order chi connectivity index (χ0) is 14.8. The summed E-state index contributed by atoms with van der Waals surface area (Å²) in [7, 11) is -2.94. The molecular formula is C15H25NO3S. The van der Waals surface area contributed by atoms with Gasteiger partial charge in [-0.2, -0.15) is 0 Å². The van der Waals surface area contributed by atoms with Crippen LogP contribution in [0.25, 0.3) is 0 Å². The molecule has 1 N–H and O–H groups in total. The molecule has 0 amide bonds. The molecule has 20 heavy (non-hydrogen) atoms. The molecule has 3 atom stereocenters. The van der Waals surface area contributed by atoms with Gasteiger partial charge in [-0.3, -0.25) is 0 Å². The van der Waals surface area contributed by atoms with Gasteiger partial charge in [-0.15, -0.1) is 0 Å². The Kier molecular flexibility index (Phi) is 4.91. The normalized spacial score (nSPS) is 25.6. The summed E-state index contributed by atoms with van der Waals surface area (Å²) >= 11 is 0. The van der Waals surface area contributed by atoms with Crippen LogP contribution in [0.15, 0.2) is 16.7 Å². The van der Waals surface area contributed by atoms with Crippen LogP contribution in [0.2, 0.25) is 0 Å². The molecule has 114 valence electrons. The van der Waals surface area contributed by atoms with E-state index in [1.165, 1.54) is 6.26 Å². The molecule has 1 saturated carbocycles. The van der Waals surface area contributed by atoms with E-state index in [0.717, 1.165) is 43.6 Å². The fraction of sp³-hybridized carbons (Fsp3) is 0.733. The lowest BCUT2D eigenvalue weighted by Gasteiger charge is -2.33. The molecule has 5 heteroatoms. The van der Waals surface area contributed by atoms with Gasteiger partial charge in [0.1, 0.15) is 15.6 Å². The van der Waals surface area contributed by atoms with Gasteiger partial charge in [0, 0.05) is 6.26 Å². The van der Waals surface area contributed by atoms with Crippen LogP contribution < -0.4 is 5.32 Å². The van der Waals surface area contributed by atoms with E-state index < -0.39 is 9.84 Å². The van der Waals surface area contributed by atoms with Gasteiger partial charge in [-0.25, -0.2) is 8.42 Å². The summed E-state index contributed by atoms with van der Waals surface area (Å²) in [4.78, 5) is 0. The van der Waals surface area contributed by atoms with Crippen molar-refractivity contribution in [3.05, 3.63) is 23.7 Å². The first kappa shape index (κ1) is 15.6. The van der Waals surface area contributed by atoms with Crippen molar-refractivity contribution in [3.8, 4) is 0 Å². The number of nitrogens with one attached hydrogen (secondary N) is 1. The van der Waals surface area contributed by atoms with E-state index in [9.17, 15) is 8.42 Å². The monoisotopic (exact) mass is 299 g/mol. The van der Waals surface area contributed by atoms with E-state index in [1.54, 1.807) is 6.26 Å². The molecule has 1 aromatic rings. The van der Waals surface area contributed by atoms with Crippen LogP contribution in [-0.2, 0) is 9.84 Å². The van der Waals surface area contributed by atoms with Crippen LogP contribution >= 0.6 is 0 Å². The molecule has 2 rings (SSSR count).